The Kier molecular flexibility index (Phi) is 11.3. The summed E-state index contributed by atoms with van der Waals surface area (Å²) in [6.45, 7) is 1.58. The maximum atomic E-state index is 12.4. The molecule has 0 aromatic heterocycles. The minimum Gasteiger partial charge on any atom is -0.466 e. The van der Waals surface area contributed by atoms with E-state index < -0.39 is 0 Å². The van der Waals surface area contributed by atoms with Crippen molar-refractivity contribution in [2.75, 3.05) is 25.1 Å². The van der Waals surface area contributed by atoms with Gasteiger partial charge < -0.3 is 25.4 Å². The Balaban J connectivity index is 1.29. The Labute approximate surface area is 217 Å². The Morgan fingerprint density at radius 1 is 1.03 bits per heavy atom. The van der Waals surface area contributed by atoms with Crippen molar-refractivity contribution in [3.63, 3.8) is 0 Å². The summed E-state index contributed by atoms with van der Waals surface area (Å²) in [4.78, 5) is 36.4. The Hall–Kier alpha value is -3.30. The molecule has 1 aliphatic heterocycles. The fourth-order valence-electron chi connectivity index (χ4n) is 3.78. The average Bonchev–Trinajstić information content (AvgIpc) is 3.39. The van der Waals surface area contributed by atoms with Crippen LogP contribution in [-0.2, 0) is 25.5 Å². The van der Waals surface area contributed by atoms with Crippen molar-refractivity contribution in [2.24, 2.45) is 0 Å². The molecular weight excluding hydrogens is 478 g/mol. The number of hydrogen-bond acceptors (Lipinski definition) is 6. The molecule has 1 aliphatic rings. The third-order valence-electron chi connectivity index (χ3n) is 5.65. The van der Waals surface area contributed by atoms with E-state index in [4.69, 9.17) is 21.7 Å². The number of anilines is 1. The van der Waals surface area contributed by atoms with Gasteiger partial charge in [-0.05, 0) is 68.1 Å². The molecule has 1 saturated heterocycles. The molecule has 9 heteroatoms. The number of amides is 2. The molecule has 2 aromatic carbocycles. The summed E-state index contributed by atoms with van der Waals surface area (Å²) in [6.07, 6.45) is 4.33. The van der Waals surface area contributed by atoms with Crippen LogP contribution in [0.3, 0.4) is 0 Å². The number of esters is 1. The summed E-state index contributed by atoms with van der Waals surface area (Å²) in [7, 11) is 0. The van der Waals surface area contributed by atoms with E-state index in [2.05, 4.69) is 16.0 Å². The van der Waals surface area contributed by atoms with E-state index in [1.54, 1.807) is 24.3 Å². The lowest BCUT2D eigenvalue weighted by molar-refractivity contribution is -0.143. The highest BCUT2D eigenvalue weighted by Crippen LogP contribution is 2.13. The van der Waals surface area contributed by atoms with Gasteiger partial charge in [-0.2, -0.15) is 0 Å². The second-order valence-corrected chi connectivity index (χ2v) is 9.00. The molecule has 1 unspecified atom stereocenters. The van der Waals surface area contributed by atoms with Crippen LogP contribution in [0.4, 0.5) is 5.69 Å². The lowest BCUT2D eigenvalue weighted by Crippen LogP contribution is -2.34. The van der Waals surface area contributed by atoms with Gasteiger partial charge in [0.25, 0.3) is 5.91 Å². The monoisotopic (exact) mass is 511 g/mol. The molecule has 3 N–H and O–H groups in total. The van der Waals surface area contributed by atoms with Gasteiger partial charge in [-0.3, -0.25) is 14.4 Å². The summed E-state index contributed by atoms with van der Waals surface area (Å²) in [6, 6.07) is 16.9. The van der Waals surface area contributed by atoms with Crippen LogP contribution in [0.5, 0.6) is 0 Å². The number of hydrogen-bond donors (Lipinski definition) is 3. The van der Waals surface area contributed by atoms with E-state index in [0.29, 0.717) is 30.8 Å². The first kappa shape index (κ1) is 27.3. The lowest BCUT2D eigenvalue weighted by Gasteiger charge is -2.12. The number of ether oxygens (including phenoxy) is 2. The quantitative estimate of drug-likeness (QED) is 0.226. The van der Waals surface area contributed by atoms with Gasteiger partial charge >= 0.3 is 5.97 Å². The minimum absolute atomic E-state index is 0.0690. The third kappa shape index (κ3) is 10.1. The van der Waals surface area contributed by atoms with Gasteiger partial charge in [0.15, 0.2) is 5.11 Å². The number of rotatable bonds is 12. The van der Waals surface area contributed by atoms with Gasteiger partial charge in [0.2, 0.25) is 5.91 Å². The fourth-order valence-corrected chi connectivity index (χ4v) is 4.01. The minimum atomic E-state index is -0.314. The first-order valence-corrected chi connectivity index (χ1v) is 12.7. The molecule has 0 saturated carbocycles. The average molecular weight is 512 g/mol. The number of benzene rings is 2. The highest BCUT2D eigenvalue weighted by Gasteiger charge is 2.17. The first-order chi connectivity index (χ1) is 17.5. The van der Waals surface area contributed by atoms with Crippen molar-refractivity contribution in [1.29, 1.82) is 0 Å². The topological polar surface area (TPSA) is 106 Å². The standard InChI is InChI=1S/C27H33N3O5S/c31-24(14-5-15-25(32)35-17-6-10-20-8-2-1-3-9-20)30-27(36)29-22-12-4-11-21(18-22)26(33)28-19-23-13-7-16-34-23/h1-4,8-9,11-12,18,23H,5-7,10,13-17,19H2,(H,28,33)(H2,29,30,31,36). The number of thiocarbonyl (C=S) groups is 1. The smallest absolute Gasteiger partial charge is 0.305 e. The summed E-state index contributed by atoms with van der Waals surface area (Å²) < 4.78 is 10.8. The van der Waals surface area contributed by atoms with Gasteiger partial charge in [-0.15, -0.1) is 0 Å². The SMILES string of the molecule is O=C(CCCC(=O)OCCCc1ccccc1)NC(=S)Nc1cccc(C(=O)NCC2CCCO2)c1. The van der Waals surface area contributed by atoms with Crippen molar-refractivity contribution >= 4 is 40.8 Å². The Morgan fingerprint density at radius 2 is 1.86 bits per heavy atom. The van der Waals surface area contributed by atoms with Gasteiger partial charge in [0, 0.05) is 37.2 Å². The van der Waals surface area contributed by atoms with Crippen LogP contribution in [0.2, 0.25) is 0 Å². The molecule has 3 rings (SSSR count). The highest BCUT2D eigenvalue weighted by molar-refractivity contribution is 7.80. The van der Waals surface area contributed by atoms with E-state index in [1.165, 1.54) is 5.56 Å². The van der Waals surface area contributed by atoms with E-state index in [9.17, 15) is 14.4 Å². The molecule has 192 valence electrons. The normalized spacial score (nSPS) is 14.6. The van der Waals surface area contributed by atoms with Crippen LogP contribution in [0.25, 0.3) is 0 Å². The zero-order chi connectivity index (χ0) is 25.6. The Morgan fingerprint density at radius 3 is 2.64 bits per heavy atom. The highest BCUT2D eigenvalue weighted by atomic mass is 32.1. The van der Waals surface area contributed by atoms with Crippen molar-refractivity contribution in [1.82, 2.24) is 10.6 Å². The van der Waals surface area contributed by atoms with E-state index in [-0.39, 0.29) is 41.8 Å². The van der Waals surface area contributed by atoms with Crippen molar-refractivity contribution in [3.05, 3.63) is 65.7 Å². The second-order valence-electron chi connectivity index (χ2n) is 8.59. The summed E-state index contributed by atoms with van der Waals surface area (Å²) in [5.41, 5.74) is 2.28. The number of carbonyl (C=O) groups excluding carboxylic acids is 3. The van der Waals surface area contributed by atoms with Crippen molar-refractivity contribution < 1.29 is 23.9 Å². The number of carbonyl (C=O) groups is 3. The molecule has 1 atom stereocenters. The van der Waals surface area contributed by atoms with Gasteiger partial charge in [0.1, 0.15) is 0 Å². The predicted octanol–water partition coefficient (Wildman–Crippen LogP) is 3.75. The summed E-state index contributed by atoms with van der Waals surface area (Å²) in [5.74, 6) is -0.808. The van der Waals surface area contributed by atoms with Gasteiger partial charge in [-0.1, -0.05) is 36.4 Å². The second kappa shape index (κ2) is 15.0. The lowest BCUT2D eigenvalue weighted by atomic mass is 10.1. The molecule has 1 heterocycles. The first-order valence-electron chi connectivity index (χ1n) is 12.3. The molecule has 36 heavy (non-hydrogen) atoms. The molecule has 2 amide bonds. The zero-order valence-electron chi connectivity index (χ0n) is 20.3. The molecule has 0 bridgehead atoms. The largest absolute Gasteiger partial charge is 0.466 e. The fraction of sp³-hybridized carbons (Fsp3) is 0.407. The zero-order valence-corrected chi connectivity index (χ0v) is 21.1. The van der Waals surface area contributed by atoms with Crippen LogP contribution >= 0.6 is 12.2 Å². The summed E-state index contributed by atoms with van der Waals surface area (Å²) in [5, 5.41) is 8.51. The molecule has 0 spiro atoms. The van der Waals surface area contributed by atoms with Crippen molar-refractivity contribution in [3.8, 4) is 0 Å². The number of aryl methyl sites for hydroxylation is 1. The van der Waals surface area contributed by atoms with E-state index in [0.717, 1.165) is 32.3 Å². The maximum Gasteiger partial charge on any atom is 0.305 e. The van der Waals surface area contributed by atoms with Crippen LogP contribution in [0, 0.1) is 0 Å². The summed E-state index contributed by atoms with van der Waals surface area (Å²) >= 11 is 5.21. The predicted molar refractivity (Wildman–Crippen MR) is 142 cm³/mol. The van der Waals surface area contributed by atoms with E-state index >= 15 is 0 Å². The molecule has 0 radical (unpaired) electrons. The van der Waals surface area contributed by atoms with Gasteiger partial charge in [-0.25, -0.2) is 0 Å². The molecule has 0 aliphatic carbocycles. The van der Waals surface area contributed by atoms with E-state index in [1.807, 2.05) is 30.3 Å². The maximum absolute atomic E-state index is 12.4. The molecule has 8 nitrogen and oxygen atoms in total. The van der Waals surface area contributed by atoms with Crippen LogP contribution in [0.1, 0.15) is 54.4 Å². The molecule has 1 fully saturated rings. The van der Waals surface area contributed by atoms with Crippen LogP contribution < -0.4 is 16.0 Å². The number of nitrogens with one attached hydrogen (secondary N) is 3. The van der Waals surface area contributed by atoms with Gasteiger partial charge in [0.05, 0.1) is 12.7 Å². The Bertz CT molecular complexity index is 1030. The molecule has 2 aromatic rings. The third-order valence-corrected chi connectivity index (χ3v) is 5.85. The van der Waals surface area contributed by atoms with Crippen molar-refractivity contribution in [2.45, 2.75) is 51.0 Å². The van der Waals surface area contributed by atoms with Crippen LogP contribution in [0.15, 0.2) is 54.6 Å². The van der Waals surface area contributed by atoms with Crippen LogP contribution in [-0.4, -0.2) is 48.8 Å². The molecular formula is C27H33N3O5S.